The van der Waals surface area contributed by atoms with Crippen LogP contribution >= 0.6 is 24.0 Å². The van der Waals surface area contributed by atoms with Gasteiger partial charge < -0.3 is 15.5 Å². The van der Waals surface area contributed by atoms with E-state index in [2.05, 4.69) is 20.5 Å². The van der Waals surface area contributed by atoms with E-state index in [9.17, 15) is 18.5 Å². The van der Waals surface area contributed by atoms with Gasteiger partial charge in [0.15, 0.2) is 15.8 Å². The van der Waals surface area contributed by atoms with E-state index in [1.165, 1.54) is 37.8 Å². The Morgan fingerprint density at radius 2 is 2.07 bits per heavy atom. The SMILES string of the molecule is CCNC(=NCCNc1ccc(S(C)(=O)=O)cc1[N+](=O)[O-])N1CCC2(CCC2)C1.I. The molecular formula is C19H30IN5O4S. The zero-order valence-electron chi connectivity index (χ0n) is 17.4. The van der Waals surface area contributed by atoms with Gasteiger partial charge in [-0.25, -0.2) is 8.42 Å². The van der Waals surface area contributed by atoms with E-state index in [4.69, 9.17) is 0 Å². The Balaban J connectivity index is 0.00000320. The third-order valence-corrected chi connectivity index (χ3v) is 6.88. The maximum absolute atomic E-state index is 11.6. The predicted octanol–water partition coefficient (Wildman–Crippen LogP) is 2.87. The molecule has 168 valence electrons. The maximum atomic E-state index is 11.6. The van der Waals surface area contributed by atoms with Crippen molar-refractivity contribution in [3.63, 3.8) is 0 Å². The first-order valence-electron chi connectivity index (χ1n) is 10.00. The van der Waals surface area contributed by atoms with E-state index in [-0.39, 0.29) is 40.2 Å². The van der Waals surface area contributed by atoms with Gasteiger partial charge in [0.25, 0.3) is 5.69 Å². The fourth-order valence-corrected chi connectivity index (χ4v) is 4.66. The highest BCUT2D eigenvalue weighted by Gasteiger charge is 2.43. The van der Waals surface area contributed by atoms with Crippen LogP contribution < -0.4 is 10.6 Å². The molecule has 2 N–H and O–H groups in total. The number of nitrogens with zero attached hydrogens (tertiary/aromatic N) is 3. The minimum absolute atomic E-state index is 0. The average Bonchev–Trinajstić information content (AvgIpc) is 3.09. The van der Waals surface area contributed by atoms with Gasteiger partial charge in [-0.2, -0.15) is 0 Å². The van der Waals surface area contributed by atoms with Crippen molar-refractivity contribution in [2.45, 2.75) is 37.5 Å². The fraction of sp³-hybridized carbons (Fsp3) is 0.632. The second-order valence-corrected chi connectivity index (χ2v) is 9.91. The molecule has 1 saturated heterocycles. The highest BCUT2D eigenvalue weighted by atomic mass is 127. The fourth-order valence-electron chi connectivity index (χ4n) is 4.02. The van der Waals surface area contributed by atoms with Crippen LogP contribution in [0.3, 0.4) is 0 Å². The van der Waals surface area contributed by atoms with E-state index in [0.29, 0.717) is 18.5 Å². The molecule has 1 spiro atoms. The summed E-state index contributed by atoms with van der Waals surface area (Å²) < 4.78 is 23.3. The number of anilines is 1. The number of hydrogen-bond donors (Lipinski definition) is 2. The summed E-state index contributed by atoms with van der Waals surface area (Å²) in [5.41, 5.74) is 0.517. The molecule has 0 bridgehead atoms. The van der Waals surface area contributed by atoms with Gasteiger partial charge in [-0.05, 0) is 43.7 Å². The van der Waals surface area contributed by atoms with Crippen molar-refractivity contribution < 1.29 is 13.3 Å². The largest absolute Gasteiger partial charge is 0.378 e. The summed E-state index contributed by atoms with van der Waals surface area (Å²) in [5.74, 6) is 0.889. The lowest BCUT2D eigenvalue weighted by atomic mass is 9.68. The lowest BCUT2D eigenvalue weighted by molar-refractivity contribution is -0.384. The van der Waals surface area contributed by atoms with Crippen molar-refractivity contribution in [1.29, 1.82) is 0 Å². The number of halogens is 1. The Labute approximate surface area is 194 Å². The molecule has 1 saturated carbocycles. The zero-order chi connectivity index (χ0) is 21.1. The first kappa shape index (κ1) is 24.6. The maximum Gasteiger partial charge on any atom is 0.293 e. The van der Waals surface area contributed by atoms with Crippen LogP contribution in [0, 0.1) is 15.5 Å². The Bertz CT molecular complexity index is 902. The Morgan fingerprint density at radius 3 is 2.60 bits per heavy atom. The van der Waals surface area contributed by atoms with Crippen LogP contribution in [0.25, 0.3) is 0 Å². The summed E-state index contributed by atoms with van der Waals surface area (Å²) in [7, 11) is -3.50. The van der Waals surface area contributed by atoms with Gasteiger partial charge in [0, 0.05) is 38.5 Å². The Hall–Kier alpha value is -1.63. The molecule has 11 heteroatoms. The monoisotopic (exact) mass is 551 g/mol. The first-order chi connectivity index (χ1) is 13.7. The third-order valence-electron chi connectivity index (χ3n) is 5.77. The number of aliphatic imine (C=N–C) groups is 1. The quantitative estimate of drug-likeness (QED) is 0.134. The molecule has 1 aromatic rings. The molecule has 9 nitrogen and oxygen atoms in total. The molecule has 0 atom stereocenters. The van der Waals surface area contributed by atoms with E-state index in [1.807, 2.05) is 6.92 Å². The molecule has 30 heavy (non-hydrogen) atoms. The van der Waals surface area contributed by atoms with Crippen molar-refractivity contribution in [3.05, 3.63) is 28.3 Å². The Kier molecular flexibility index (Phi) is 8.31. The van der Waals surface area contributed by atoms with Crippen molar-refractivity contribution in [2.24, 2.45) is 10.4 Å². The van der Waals surface area contributed by atoms with Crippen LogP contribution in [-0.2, 0) is 9.84 Å². The molecule has 3 rings (SSSR count). The van der Waals surface area contributed by atoms with Gasteiger partial charge in [-0.3, -0.25) is 15.1 Å². The smallest absolute Gasteiger partial charge is 0.293 e. The lowest BCUT2D eigenvalue weighted by Crippen LogP contribution is -2.42. The summed E-state index contributed by atoms with van der Waals surface area (Å²) in [6.45, 7) is 5.75. The van der Waals surface area contributed by atoms with Crippen molar-refractivity contribution >= 4 is 51.1 Å². The average molecular weight is 551 g/mol. The van der Waals surface area contributed by atoms with E-state index in [1.54, 1.807) is 0 Å². The van der Waals surface area contributed by atoms with Crippen LogP contribution in [0.4, 0.5) is 11.4 Å². The molecule has 0 aromatic heterocycles. The van der Waals surface area contributed by atoms with Gasteiger partial charge in [0.1, 0.15) is 5.69 Å². The normalized spacial score (nSPS) is 17.9. The number of likely N-dealkylation sites (tertiary alicyclic amines) is 1. The molecule has 1 aliphatic heterocycles. The molecule has 2 fully saturated rings. The van der Waals surface area contributed by atoms with Crippen LogP contribution in [0.2, 0.25) is 0 Å². The zero-order valence-corrected chi connectivity index (χ0v) is 20.5. The lowest BCUT2D eigenvalue weighted by Gasteiger charge is -2.38. The Morgan fingerprint density at radius 1 is 1.33 bits per heavy atom. The van der Waals surface area contributed by atoms with E-state index < -0.39 is 14.8 Å². The molecule has 1 aromatic carbocycles. The number of nitrogens with one attached hydrogen (secondary N) is 2. The molecule has 2 aliphatic rings. The van der Waals surface area contributed by atoms with Crippen LogP contribution in [0.5, 0.6) is 0 Å². The van der Waals surface area contributed by atoms with E-state index in [0.717, 1.165) is 37.9 Å². The van der Waals surface area contributed by atoms with Gasteiger partial charge in [-0.15, -0.1) is 24.0 Å². The second kappa shape index (κ2) is 10.1. The van der Waals surface area contributed by atoms with Gasteiger partial charge >= 0.3 is 0 Å². The van der Waals surface area contributed by atoms with Gasteiger partial charge in [0.05, 0.1) is 16.4 Å². The predicted molar refractivity (Wildman–Crippen MR) is 129 cm³/mol. The summed E-state index contributed by atoms with van der Waals surface area (Å²) in [4.78, 5) is 17.7. The molecule has 0 amide bonds. The molecule has 1 heterocycles. The highest BCUT2D eigenvalue weighted by molar-refractivity contribution is 14.0. The summed E-state index contributed by atoms with van der Waals surface area (Å²) in [5, 5.41) is 17.7. The van der Waals surface area contributed by atoms with Gasteiger partial charge in [-0.1, -0.05) is 6.42 Å². The number of guanidine groups is 1. The molecule has 0 unspecified atom stereocenters. The molecule has 0 radical (unpaired) electrons. The number of benzene rings is 1. The summed E-state index contributed by atoms with van der Waals surface area (Å²) in [6.07, 6.45) is 6.17. The highest BCUT2D eigenvalue weighted by Crippen LogP contribution is 2.47. The number of nitro groups is 1. The minimum Gasteiger partial charge on any atom is -0.378 e. The third kappa shape index (κ3) is 5.74. The topological polar surface area (TPSA) is 117 Å². The number of sulfone groups is 1. The van der Waals surface area contributed by atoms with Crippen LogP contribution in [-0.4, -0.2) is 63.2 Å². The molecule has 1 aliphatic carbocycles. The van der Waals surface area contributed by atoms with Gasteiger partial charge in [0.2, 0.25) is 0 Å². The number of rotatable bonds is 7. The van der Waals surface area contributed by atoms with Crippen molar-refractivity contribution in [2.75, 3.05) is 44.3 Å². The standard InChI is InChI=1S/C19H29N5O4S.HI/c1-3-20-18(23-12-9-19(14-23)7-4-8-19)22-11-10-21-16-6-5-15(29(2,27)28)13-17(16)24(25)26;/h5-6,13,21H,3-4,7-12,14H2,1-2H3,(H,20,22);1H. The number of hydrogen-bond acceptors (Lipinski definition) is 6. The number of nitro benzene ring substituents is 1. The minimum atomic E-state index is -3.50. The summed E-state index contributed by atoms with van der Waals surface area (Å²) in [6, 6.07) is 3.90. The van der Waals surface area contributed by atoms with Crippen molar-refractivity contribution in [1.82, 2.24) is 10.2 Å². The first-order valence-corrected chi connectivity index (χ1v) is 11.9. The van der Waals surface area contributed by atoms with Crippen LogP contribution in [0.1, 0.15) is 32.6 Å². The summed E-state index contributed by atoms with van der Waals surface area (Å²) >= 11 is 0. The van der Waals surface area contributed by atoms with Crippen molar-refractivity contribution in [3.8, 4) is 0 Å². The molecular weight excluding hydrogens is 521 g/mol. The van der Waals surface area contributed by atoms with E-state index >= 15 is 0 Å². The second-order valence-electron chi connectivity index (χ2n) is 7.90. The van der Waals surface area contributed by atoms with Crippen LogP contribution in [0.15, 0.2) is 28.1 Å².